The highest BCUT2D eigenvalue weighted by Gasteiger charge is 2.10. The van der Waals surface area contributed by atoms with Gasteiger partial charge in [-0.25, -0.2) is 9.98 Å². The number of hydrogen-bond acceptors (Lipinski definition) is 2. The molecule has 0 atom stereocenters. The van der Waals surface area contributed by atoms with Gasteiger partial charge in [0, 0.05) is 10.7 Å². The number of hydrogen-bond donors (Lipinski definition) is 1. The first-order valence-electron chi connectivity index (χ1n) is 8.05. The van der Waals surface area contributed by atoms with Crippen molar-refractivity contribution in [1.29, 1.82) is 0 Å². The van der Waals surface area contributed by atoms with Crippen molar-refractivity contribution in [3.8, 4) is 0 Å². The van der Waals surface area contributed by atoms with Gasteiger partial charge in [0.2, 0.25) is 0 Å². The number of nitrogens with one attached hydrogen (secondary N) is 1. The van der Waals surface area contributed by atoms with Crippen LogP contribution in [-0.2, 0) is 0 Å². The monoisotopic (exact) mass is 317 g/mol. The van der Waals surface area contributed by atoms with E-state index in [-0.39, 0.29) is 0 Å². The van der Waals surface area contributed by atoms with Crippen LogP contribution in [0.15, 0.2) is 93.3 Å². The molecular weight excluding hydrogens is 302 g/mol. The van der Waals surface area contributed by atoms with Crippen LogP contribution in [0.1, 0.15) is 6.42 Å². The molecule has 0 fully saturated rings. The maximum absolute atomic E-state index is 4.67. The van der Waals surface area contributed by atoms with Gasteiger partial charge in [0.05, 0.1) is 22.8 Å². The molecule has 3 heteroatoms. The van der Waals surface area contributed by atoms with E-state index in [1.165, 1.54) is 11.1 Å². The van der Waals surface area contributed by atoms with Crippen molar-refractivity contribution in [3.63, 3.8) is 0 Å². The third-order valence-corrected chi connectivity index (χ3v) is 4.29. The van der Waals surface area contributed by atoms with Crippen LogP contribution in [-0.4, -0.2) is 16.4 Å². The van der Waals surface area contributed by atoms with Crippen LogP contribution in [0.2, 0.25) is 0 Å². The lowest BCUT2D eigenvalue weighted by molar-refractivity contribution is 1.22. The number of rotatable bonds is 0. The lowest BCUT2D eigenvalue weighted by Gasteiger charge is -1.98. The molecule has 4 aliphatic rings. The summed E-state index contributed by atoms with van der Waals surface area (Å²) >= 11 is 0. The van der Waals surface area contributed by atoms with Gasteiger partial charge in [-0.1, -0.05) is 12.2 Å². The summed E-state index contributed by atoms with van der Waals surface area (Å²) in [6, 6.07) is 4.13. The first-order valence-corrected chi connectivity index (χ1v) is 8.05. The molecule has 1 aromatic rings. The van der Waals surface area contributed by atoms with Gasteiger partial charge in [-0.2, -0.15) is 0 Å². The van der Waals surface area contributed by atoms with Crippen LogP contribution >= 0.6 is 0 Å². The lowest BCUT2D eigenvalue weighted by Crippen LogP contribution is -2.12. The average Bonchev–Trinajstić information content (AvgIpc) is 3.32. The molecule has 0 amide bonds. The fourth-order valence-corrected chi connectivity index (χ4v) is 3.17. The van der Waals surface area contributed by atoms with Gasteiger partial charge in [0.25, 0.3) is 0 Å². The van der Waals surface area contributed by atoms with E-state index in [0.29, 0.717) is 0 Å². The zero-order chi connectivity index (χ0) is 15.9. The molecule has 4 heterocycles. The van der Waals surface area contributed by atoms with E-state index in [2.05, 4.69) is 87.9 Å². The van der Waals surface area contributed by atoms with Crippen LogP contribution < -0.4 is 10.7 Å². The lowest BCUT2D eigenvalue weighted by atomic mass is 10.1. The fraction of sp³-hybridized carbons (Fsp3) is 0.0476. The molecule has 0 radical (unpaired) electrons. The number of aromatic nitrogens is 1. The minimum atomic E-state index is 0.926. The average molecular weight is 317 g/mol. The van der Waals surface area contributed by atoms with Crippen LogP contribution in [0.4, 0.5) is 0 Å². The number of H-pyrrole nitrogens is 1. The van der Waals surface area contributed by atoms with Crippen molar-refractivity contribution in [2.75, 3.05) is 0 Å². The summed E-state index contributed by atoms with van der Waals surface area (Å²) in [5.41, 5.74) is 6.49. The smallest absolute Gasteiger partial charge is 0.0658 e. The van der Waals surface area contributed by atoms with Crippen molar-refractivity contribution in [1.82, 2.24) is 4.98 Å². The van der Waals surface area contributed by atoms with Gasteiger partial charge in [0.1, 0.15) is 0 Å². The summed E-state index contributed by atoms with van der Waals surface area (Å²) in [5.74, 6) is 0. The summed E-state index contributed by atoms with van der Waals surface area (Å²) in [6.45, 7) is 0. The van der Waals surface area contributed by atoms with Crippen molar-refractivity contribution in [2.24, 2.45) is 9.98 Å². The van der Waals surface area contributed by atoms with E-state index in [9.17, 15) is 0 Å². The molecule has 8 bridgehead atoms. The topological polar surface area (TPSA) is 40.5 Å². The van der Waals surface area contributed by atoms with E-state index in [1.54, 1.807) is 0 Å². The Kier molecular flexibility index (Phi) is 2.85. The zero-order valence-corrected chi connectivity index (χ0v) is 13.0. The third-order valence-electron chi connectivity index (χ3n) is 4.29. The Morgan fingerprint density at radius 1 is 0.833 bits per heavy atom. The Bertz CT molecular complexity index is 1020. The molecule has 1 aliphatic carbocycles. The van der Waals surface area contributed by atoms with E-state index in [4.69, 9.17) is 0 Å². The number of aliphatic imine (C=N–C) groups is 2. The molecular formula is C21H15N3. The molecule has 24 heavy (non-hydrogen) atoms. The Hall–Kier alpha value is -3.20. The first kappa shape index (κ1) is 13.3. The number of allylic oxidation sites excluding steroid dienone is 10. The Morgan fingerprint density at radius 3 is 2.58 bits per heavy atom. The summed E-state index contributed by atoms with van der Waals surface area (Å²) < 4.78 is 0. The summed E-state index contributed by atoms with van der Waals surface area (Å²) in [6.07, 6.45) is 21.9. The Labute approximate surface area is 139 Å². The van der Waals surface area contributed by atoms with Gasteiger partial charge in [0.15, 0.2) is 0 Å². The zero-order valence-electron chi connectivity index (χ0n) is 13.0. The molecule has 5 rings (SSSR count). The van der Waals surface area contributed by atoms with Gasteiger partial charge in [-0.15, -0.1) is 0 Å². The predicted molar refractivity (Wildman–Crippen MR) is 99.1 cm³/mol. The van der Waals surface area contributed by atoms with Crippen LogP contribution in [0.5, 0.6) is 0 Å². The van der Waals surface area contributed by atoms with Crippen molar-refractivity contribution < 1.29 is 0 Å². The highest BCUT2D eigenvalue weighted by molar-refractivity contribution is 6.20. The van der Waals surface area contributed by atoms with E-state index in [0.717, 1.165) is 39.9 Å². The van der Waals surface area contributed by atoms with Crippen molar-refractivity contribution in [2.45, 2.75) is 6.42 Å². The van der Waals surface area contributed by atoms with Crippen LogP contribution in [0.25, 0.3) is 12.2 Å². The molecule has 0 spiro atoms. The highest BCUT2D eigenvalue weighted by Crippen LogP contribution is 2.26. The molecule has 0 saturated carbocycles. The van der Waals surface area contributed by atoms with Gasteiger partial charge in [-0.05, 0) is 78.3 Å². The summed E-state index contributed by atoms with van der Waals surface area (Å²) in [7, 11) is 0. The molecule has 1 N–H and O–H groups in total. The molecule has 114 valence electrons. The molecule has 0 saturated heterocycles. The SMILES string of the molecule is C1=C/C2=C/C3=CC=C(/C=C4/C=CC(=[22N]4)/C=c4/cc/c([nH]4)=C/C1=N2)C3. The Balaban J connectivity index is 1.67. The normalized spacial score (nSPS) is 27.7. The summed E-state index contributed by atoms with van der Waals surface area (Å²) in [4.78, 5) is 12.7. The minimum Gasteiger partial charge on any atom is -0.355 e. The second-order valence-electron chi connectivity index (χ2n) is 6.20. The standard InChI is InChI=1S/C21H15N3/c1-2-15-9-14(1)10-16-3-5-18(22-16)12-20-7-8-21(24-20)13-19-6-4-17(11-15)23-19/h1-8,10-13,24H,9H2/b14-10?,15-11?,16-10-,17-11-,18-12?,19-13?,20-12-,21-13-/i22+8. The van der Waals surface area contributed by atoms with Gasteiger partial charge in [-0.3, -0.25) is 0 Å². The molecule has 3 aliphatic heterocycles. The Morgan fingerprint density at radius 2 is 1.67 bits per heavy atom. The van der Waals surface area contributed by atoms with Crippen molar-refractivity contribution >= 4 is 23.6 Å². The quantitative estimate of drug-likeness (QED) is 0.764. The van der Waals surface area contributed by atoms with Crippen LogP contribution in [0.3, 0.4) is 0 Å². The number of fused-ring (bicyclic) bond motifs is 6. The number of aromatic amines is 1. The van der Waals surface area contributed by atoms with Crippen LogP contribution in [0, 0.1) is 0 Å². The van der Waals surface area contributed by atoms with Gasteiger partial charge < -0.3 is 4.98 Å². The summed E-state index contributed by atoms with van der Waals surface area (Å²) in [5, 5.41) is 2.08. The molecule has 1 aromatic heterocycles. The predicted octanol–water partition coefficient (Wildman–Crippen LogP) is 2.64. The molecule has 0 aromatic carbocycles. The van der Waals surface area contributed by atoms with E-state index in [1.807, 2.05) is 0 Å². The number of nitrogens with zero attached hydrogens (tertiary/aromatic N) is 2. The highest BCUT2D eigenvalue weighted by atomic mass is 22.2. The maximum atomic E-state index is 4.67. The molecule has 3 nitrogen and oxygen atoms in total. The fourth-order valence-electron chi connectivity index (χ4n) is 3.17. The van der Waals surface area contributed by atoms with E-state index >= 15 is 0 Å². The minimum absolute atomic E-state index is 0.926. The largest absolute Gasteiger partial charge is 0.355 e. The third kappa shape index (κ3) is 2.50. The molecule has 0 unspecified atom stereocenters. The van der Waals surface area contributed by atoms with Gasteiger partial charge >= 0.3 is 0 Å². The second-order valence-corrected chi connectivity index (χ2v) is 6.20. The first-order chi connectivity index (χ1) is 11.8. The maximum Gasteiger partial charge on any atom is 0.0658 e. The van der Waals surface area contributed by atoms with E-state index < -0.39 is 0 Å². The second kappa shape index (κ2) is 5.17. The van der Waals surface area contributed by atoms with Crippen molar-refractivity contribution in [3.05, 3.63) is 94.0 Å².